The molecule has 3 amide bonds. The molecule has 144 valence electrons. The second-order valence-corrected chi connectivity index (χ2v) is 7.53. The molecule has 0 aromatic rings. The number of hydrogen-bond donors (Lipinski definition) is 2. The number of nitriles is 1. The van der Waals surface area contributed by atoms with E-state index in [4.69, 9.17) is 5.26 Å². The molecule has 1 fully saturated rings. The van der Waals surface area contributed by atoms with E-state index in [0.717, 1.165) is 25.7 Å². The summed E-state index contributed by atoms with van der Waals surface area (Å²) in [6, 6.07) is 2.37. The summed E-state index contributed by atoms with van der Waals surface area (Å²) >= 11 is 0. The second-order valence-electron chi connectivity index (χ2n) is 7.53. The number of halogens is 1. The maximum absolute atomic E-state index is 12.3. The van der Waals surface area contributed by atoms with Crippen LogP contribution < -0.4 is 10.6 Å². The van der Waals surface area contributed by atoms with E-state index in [2.05, 4.69) is 16.7 Å². The van der Waals surface area contributed by atoms with Crippen molar-refractivity contribution in [2.75, 3.05) is 26.2 Å². The number of hydrogen-bond acceptors (Lipinski definition) is 4. The molecule has 3 rings (SSSR count). The Morgan fingerprint density at radius 3 is 2.50 bits per heavy atom. The van der Waals surface area contributed by atoms with Crippen LogP contribution in [0.25, 0.3) is 0 Å². The minimum absolute atomic E-state index is 0. The van der Waals surface area contributed by atoms with E-state index >= 15 is 0 Å². The number of rotatable bonds is 4. The van der Waals surface area contributed by atoms with Crippen LogP contribution >= 0.6 is 12.4 Å². The number of amides is 3. The second kappa shape index (κ2) is 8.74. The molecule has 1 saturated heterocycles. The lowest BCUT2D eigenvalue weighted by atomic mass is 10.1. The predicted molar refractivity (Wildman–Crippen MR) is 101 cm³/mol. The van der Waals surface area contributed by atoms with Crippen LogP contribution in [0.5, 0.6) is 0 Å². The van der Waals surface area contributed by atoms with E-state index in [1.54, 1.807) is 4.90 Å². The van der Waals surface area contributed by atoms with Crippen molar-refractivity contribution in [1.29, 1.82) is 5.26 Å². The topological polar surface area (TPSA) is 88.5 Å². The Balaban J connectivity index is 0.00000243. The molecular weight excluding hydrogens is 354 g/mol. The summed E-state index contributed by atoms with van der Waals surface area (Å²) in [7, 11) is 0. The Hall–Kier alpha value is -1.78. The molecule has 0 radical (unpaired) electrons. The average Bonchev–Trinajstić information content (AvgIpc) is 3.25. The molecule has 26 heavy (non-hydrogen) atoms. The lowest BCUT2D eigenvalue weighted by molar-refractivity contribution is -0.130. The first-order valence-electron chi connectivity index (χ1n) is 9.15. The summed E-state index contributed by atoms with van der Waals surface area (Å²) in [6.45, 7) is 6.30. The van der Waals surface area contributed by atoms with Crippen molar-refractivity contribution < 1.29 is 9.59 Å². The maximum atomic E-state index is 12.3. The maximum Gasteiger partial charge on any atom is 0.318 e. The van der Waals surface area contributed by atoms with Gasteiger partial charge in [0.2, 0.25) is 5.91 Å². The highest BCUT2D eigenvalue weighted by molar-refractivity contribution is 5.85. The minimum Gasteiger partial charge on any atom is -0.336 e. The van der Waals surface area contributed by atoms with Crippen LogP contribution in [-0.2, 0) is 4.79 Å². The van der Waals surface area contributed by atoms with Crippen molar-refractivity contribution in [2.45, 2.75) is 57.7 Å². The van der Waals surface area contributed by atoms with Crippen LogP contribution in [0.3, 0.4) is 0 Å². The van der Waals surface area contributed by atoms with Gasteiger partial charge in [0.1, 0.15) is 6.04 Å². The number of nitrogens with zero attached hydrogens (tertiary/aromatic N) is 3. The van der Waals surface area contributed by atoms with E-state index in [9.17, 15) is 9.59 Å². The first-order valence-corrected chi connectivity index (χ1v) is 9.15. The first-order chi connectivity index (χ1) is 12.0. The van der Waals surface area contributed by atoms with Crippen LogP contribution in [-0.4, -0.2) is 66.0 Å². The zero-order valence-electron chi connectivity index (χ0n) is 15.5. The molecule has 2 aliphatic heterocycles. The Kier molecular flexibility index (Phi) is 6.90. The number of urea groups is 1. The summed E-state index contributed by atoms with van der Waals surface area (Å²) in [4.78, 5) is 27.9. The van der Waals surface area contributed by atoms with Gasteiger partial charge in [0.05, 0.1) is 12.6 Å². The number of likely N-dealkylation sites (tertiary alicyclic amines) is 2. The van der Waals surface area contributed by atoms with Crippen LogP contribution in [0.4, 0.5) is 4.79 Å². The highest BCUT2D eigenvalue weighted by atomic mass is 35.5. The van der Waals surface area contributed by atoms with Crippen molar-refractivity contribution in [3.63, 3.8) is 0 Å². The molecule has 8 heteroatoms. The van der Waals surface area contributed by atoms with Gasteiger partial charge < -0.3 is 20.4 Å². The Morgan fingerprint density at radius 1 is 1.27 bits per heavy atom. The van der Waals surface area contributed by atoms with Crippen LogP contribution in [0.15, 0.2) is 11.1 Å². The fraction of sp³-hybridized carbons (Fsp3) is 0.722. The fourth-order valence-electron chi connectivity index (χ4n) is 3.98. The molecule has 1 atom stereocenters. The molecule has 0 aromatic carbocycles. The summed E-state index contributed by atoms with van der Waals surface area (Å²) in [5.74, 6) is 0.0223. The summed E-state index contributed by atoms with van der Waals surface area (Å²) < 4.78 is 0. The zero-order valence-corrected chi connectivity index (χ0v) is 16.3. The average molecular weight is 382 g/mol. The molecule has 2 N–H and O–H groups in total. The molecule has 1 aliphatic carbocycles. The zero-order chi connectivity index (χ0) is 18.0. The smallest absolute Gasteiger partial charge is 0.318 e. The normalized spacial score (nSPS) is 22.5. The summed E-state index contributed by atoms with van der Waals surface area (Å²) in [5, 5.41) is 15.4. The van der Waals surface area contributed by atoms with Crippen molar-refractivity contribution >= 4 is 24.3 Å². The van der Waals surface area contributed by atoms with Gasteiger partial charge in [0, 0.05) is 31.7 Å². The van der Waals surface area contributed by atoms with E-state index in [0.29, 0.717) is 26.2 Å². The minimum atomic E-state index is -0.256. The molecule has 7 nitrogen and oxygen atoms in total. The Bertz CT molecular complexity index is 610. The molecule has 2 heterocycles. The van der Waals surface area contributed by atoms with Crippen LogP contribution in [0, 0.1) is 11.3 Å². The van der Waals surface area contributed by atoms with Gasteiger partial charge in [-0.2, -0.15) is 5.26 Å². The van der Waals surface area contributed by atoms with Gasteiger partial charge in [0.15, 0.2) is 0 Å². The van der Waals surface area contributed by atoms with E-state index in [-0.39, 0.29) is 42.5 Å². The Morgan fingerprint density at radius 2 is 1.92 bits per heavy atom. The number of carbonyl (C=O) groups is 2. The monoisotopic (exact) mass is 381 g/mol. The highest BCUT2D eigenvalue weighted by Gasteiger charge is 2.34. The van der Waals surface area contributed by atoms with Gasteiger partial charge in [0.25, 0.3) is 0 Å². The van der Waals surface area contributed by atoms with Crippen LogP contribution in [0.2, 0.25) is 0 Å². The van der Waals surface area contributed by atoms with Gasteiger partial charge in [-0.05, 0) is 50.7 Å². The summed E-state index contributed by atoms with van der Waals surface area (Å²) in [6.07, 6.45) is 3.50. The molecule has 0 aromatic heterocycles. The third kappa shape index (κ3) is 4.49. The van der Waals surface area contributed by atoms with Crippen molar-refractivity contribution in [1.82, 2.24) is 20.4 Å². The van der Waals surface area contributed by atoms with Gasteiger partial charge in [-0.25, -0.2) is 4.79 Å². The van der Waals surface area contributed by atoms with Gasteiger partial charge in [-0.15, -0.1) is 12.4 Å². The Labute approximate surface area is 161 Å². The van der Waals surface area contributed by atoms with E-state index in [1.165, 1.54) is 11.1 Å². The van der Waals surface area contributed by atoms with Crippen LogP contribution in [0.1, 0.15) is 39.5 Å². The molecule has 0 spiro atoms. The molecule has 0 bridgehead atoms. The fourth-order valence-corrected chi connectivity index (χ4v) is 3.98. The van der Waals surface area contributed by atoms with Crippen molar-refractivity contribution in [3.05, 3.63) is 11.1 Å². The third-order valence-corrected chi connectivity index (χ3v) is 5.21. The van der Waals surface area contributed by atoms with Crippen molar-refractivity contribution in [2.24, 2.45) is 0 Å². The first kappa shape index (κ1) is 20.5. The highest BCUT2D eigenvalue weighted by Crippen LogP contribution is 2.32. The quantitative estimate of drug-likeness (QED) is 0.720. The van der Waals surface area contributed by atoms with Gasteiger partial charge in [-0.1, -0.05) is 0 Å². The molecule has 0 unspecified atom stereocenters. The van der Waals surface area contributed by atoms with Gasteiger partial charge in [-0.3, -0.25) is 4.79 Å². The predicted octanol–water partition coefficient (Wildman–Crippen LogP) is 1.40. The lowest BCUT2D eigenvalue weighted by Gasteiger charge is -2.24. The molecular formula is C18H28ClN5O2. The largest absolute Gasteiger partial charge is 0.336 e. The molecule has 3 aliphatic rings. The molecule has 0 saturated carbocycles. The standard InChI is InChI=1S/C18H27N5O2.ClH/c1-12(2)21-18(25)22-10-13-6-15(7-14(13)11-22)20-9-17(24)23-5-3-4-16(23)8-19;/h12,15-16,20H,3-7,9-11H2,1-2H3,(H,21,25);1H/t16-;/m0./s1. The lowest BCUT2D eigenvalue weighted by Crippen LogP contribution is -2.44. The van der Waals surface area contributed by atoms with Crippen molar-refractivity contribution in [3.8, 4) is 6.07 Å². The van der Waals surface area contributed by atoms with Gasteiger partial charge >= 0.3 is 6.03 Å². The number of nitrogens with one attached hydrogen (secondary N) is 2. The van der Waals surface area contributed by atoms with E-state index in [1.807, 2.05) is 18.7 Å². The summed E-state index contributed by atoms with van der Waals surface area (Å²) in [5.41, 5.74) is 2.67. The number of carbonyl (C=O) groups excluding carboxylic acids is 2. The van der Waals surface area contributed by atoms with E-state index < -0.39 is 0 Å². The third-order valence-electron chi connectivity index (χ3n) is 5.21. The SMILES string of the molecule is CC(C)NC(=O)N1CC2=C(CC(NCC(=O)N3CCC[C@H]3C#N)C2)C1.Cl.